The van der Waals surface area contributed by atoms with E-state index in [1.54, 1.807) is 33.6 Å². The molecule has 0 bridgehead atoms. The van der Waals surface area contributed by atoms with Gasteiger partial charge in [0.25, 0.3) is 0 Å². The number of anilines is 1. The first-order chi connectivity index (χ1) is 11.9. The highest BCUT2D eigenvalue weighted by Gasteiger charge is 2.23. The summed E-state index contributed by atoms with van der Waals surface area (Å²) in [6.07, 6.45) is 8.87. The van der Waals surface area contributed by atoms with Gasteiger partial charge in [-0.1, -0.05) is 6.92 Å². The maximum Gasteiger partial charge on any atom is 0.414 e. The van der Waals surface area contributed by atoms with Crippen molar-refractivity contribution in [1.29, 1.82) is 0 Å². The van der Waals surface area contributed by atoms with Crippen LogP contribution in [0, 0.1) is 12.8 Å². The van der Waals surface area contributed by atoms with Crippen LogP contribution in [0.2, 0.25) is 0 Å². The summed E-state index contributed by atoms with van der Waals surface area (Å²) in [4.78, 5) is 17.8. The molecule has 0 N–H and O–H groups in total. The molecule has 0 aromatic carbocycles. The number of hydrogen-bond donors (Lipinski definition) is 0. The first-order valence-corrected chi connectivity index (χ1v) is 9.63. The highest BCUT2D eigenvalue weighted by atomic mass is 32.2. The maximum absolute atomic E-state index is 12.4. The molecule has 1 amide bonds. The van der Waals surface area contributed by atoms with Gasteiger partial charge >= 0.3 is 6.09 Å². The largest absolute Gasteiger partial charge is 0.449 e. The van der Waals surface area contributed by atoms with E-state index < -0.39 is 0 Å². The molecule has 25 heavy (non-hydrogen) atoms. The number of aromatic nitrogens is 2. The Bertz CT molecular complexity index is 637. The number of hydrogen-bond acceptors (Lipinski definition) is 5. The Morgan fingerprint density at radius 3 is 2.92 bits per heavy atom. The Morgan fingerprint density at radius 2 is 2.32 bits per heavy atom. The van der Waals surface area contributed by atoms with Gasteiger partial charge in [0.2, 0.25) is 0 Å². The minimum absolute atomic E-state index is 0.338. The van der Waals surface area contributed by atoms with Gasteiger partial charge in [-0.05, 0) is 57.6 Å². The molecule has 7 heteroatoms. The van der Waals surface area contributed by atoms with E-state index in [2.05, 4.69) is 30.0 Å². The molecule has 1 rings (SSSR count). The lowest BCUT2D eigenvalue weighted by Crippen LogP contribution is -2.36. The van der Waals surface area contributed by atoms with Gasteiger partial charge in [0, 0.05) is 18.4 Å². The molecular formula is C18H28N4O2S. The molecule has 0 saturated carbocycles. The van der Waals surface area contributed by atoms with Gasteiger partial charge in [0.15, 0.2) is 0 Å². The van der Waals surface area contributed by atoms with Gasteiger partial charge in [-0.3, -0.25) is 9.89 Å². The molecule has 1 aromatic rings. The van der Waals surface area contributed by atoms with Crippen LogP contribution in [0.1, 0.15) is 26.5 Å². The van der Waals surface area contributed by atoms with Crippen molar-refractivity contribution in [3.63, 3.8) is 0 Å². The van der Waals surface area contributed by atoms with Crippen LogP contribution in [0.4, 0.5) is 10.5 Å². The van der Waals surface area contributed by atoms with E-state index in [1.165, 1.54) is 0 Å². The van der Waals surface area contributed by atoms with E-state index >= 15 is 0 Å². The summed E-state index contributed by atoms with van der Waals surface area (Å²) in [7, 11) is 0. The zero-order valence-corrected chi connectivity index (χ0v) is 16.5. The van der Waals surface area contributed by atoms with E-state index in [0.717, 1.165) is 22.8 Å². The molecule has 0 spiro atoms. The van der Waals surface area contributed by atoms with Crippen LogP contribution in [0.25, 0.3) is 5.70 Å². The molecule has 0 aliphatic rings. The van der Waals surface area contributed by atoms with E-state index in [9.17, 15) is 4.79 Å². The van der Waals surface area contributed by atoms with Gasteiger partial charge in [-0.25, -0.2) is 9.48 Å². The van der Waals surface area contributed by atoms with Crippen molar-refractivity contribution in [2.45, 2.75) is 27.7 Å². The second kappa shape index (κ2) is 10.8. The summed E-state index contributed by atoms with van der Waals surface area (Å²) >= 11 is 1.77. The Labute approximate surface area is 154 Å². The molecule has 0 aliphatic carbocycles. The van der Waals surface area contributed by atoms with Crippen LogP contribution >= 0.6 is 11.8 Å². The van der Waals surface area contributed by atoms with Crippen LogP contribution in [-0.2, 0) is 4.74 Å². The number of thioether (sulfide) groups is 1. The summed E-state index contributed by atoms with van der Waals surface area (Å²) in [6, 6.07) is 0. The summed E-state index contributed by atoms with van der Waals surface area (Å²) in [5.74, 6) is 1.32. The highest BCUT2D eigenvalue weighted by molar-refractivity contribution is 7.98. The molecule has 138 valence electrons. The minimum Gasteiger partial charge on any atom is -0.449 e. The number of carbonyl (C=O) groups is 1. The number of allylic oxidation sites excluding steroid dienone is 3. The van der Waals surface area contributed by atoms with Gasteiger partial charge in [-0.2, -0.15) is 16.9 Å². The number of ether oxygens (including phenoxy) is 1. The lowest BCUT2D eigenvalue weighted by Gasteiger charge is -2.24. The average molecular weight is 365 g/mol. The SMILES string of the molecule is C=N/C=C\C=C(/C)n1cc(N(CC(C)CSC)C(=O)OCC)c(C)n1. The molecule has 0 radical (unpaired) electrons. The average Bonchev–Trinajstić information content (AvgIpc) is 2.95. The third-order valence-electron chi connectivity index (χ3n) is 3.49. The standard InChI is InChI=1S/C18H28N4O2S/c1-7-24-18(23)21(11-14(2)13-25-6)17-12-22(20-16(17)4)15(3)9-8-10-19-5/h8-10,12,14H,5,7,11,13H2,1-4,6H3/b10-8-,15-9+. The van der Waals surface area contributed by atoms with Gasteiger partial charge in [0.05, 0.1) is 24.2 Å². The first-order valence-electron chi connectivity index (χ1n) is 8.23. The van der Waals surface area contributed by atoms with E-state index in [4.69, 9.17) is 4.74 Å². The summed E-state index contributed by atoms with van der Waals surface area (Å²) < 4.78 is 6.99. The Hall–Kier alpha value is -2.02. The van der Waals surface area contributed by atoms with E-state index in [-0.39, 0.29) is 6.09 Å². The first kappa shape index (κ1) is 21.0. The molecule has 0 aliphatic heterocycles. The fourth-order valence-electron chi connectivity index (χ4n) is 2.34. The third-order valence-corrected chi connectivity index (χ3v) is 4.39. The van der Waals surface area contributed by atoms with Crippen LogP contribution in [0.3, 0.4) is 0 Å². The Morgan fingerprint density at radius 1 is 1.60 bits per heavy atom. The number of aryl methyl sites for hydroxylation is 1. The van der Waals surface area contributed by atoms with Crippen molar-refractivity contribution < 1.29 is 9.53 Å². The fourth-order valence-corrected chi connectivity index (χ4v) is 3.01. The van der Waals surface area contributed by atoms with E-state index in [1.807, 2.05) is 33.0 Å². The van der Waals surface area contributed by atoms with Crippen LogP contribution in [0.5, 0.6) is 0 Å². The molecule has 1 unspecified atom stereocenters. The van der Waals surface area contributed by atoms with Crippen molar-refractivity contribution in [2.75, 3.05) is 30.1 Å². The molecule has 0 saturated heterocycles. The van der Waals surface area contributed by atoms with Crippen molar-refractivity contribution >= 4 is 36.0 Å². The molecule has 1 aromatic heterocycles. The lowest BCUT2D eigenvalue weighted by molar-refractivity contribution is 0.159. The van der Waals surface area contributed by atoms with Crippen LogP contribution < -0.4 is 4.90 Å². The number of carbonyl (C=O) groups excluding carboxylic acids is 1. The minimum atomic E-state index is -0.338. The second-order valence-electron chi connectivity index (χ2n) is 5.75. The lowest BCUT2D eigenvalue weighted by atomic mass is 10.2. The zero-order chi connectivity index (χ0) is 18.8. The smallest absolute Gasteiger partial charge is 0.414 e. The molecule has 1 heterocycles. The number of amides is 1. The van der Waals surface area contributed by atoms with Crippen molar-refractivity contribution in [3.05, 3.63) is 30.2 Å². The van der Waals surface area contributed by atoms with Crippen LogP contribution in [0.15, 0.2) is 29.5 Å². The maximum atomic E-state index is 12.4. The zero-order valence-electron chi connectivity index (χ0n) is 15.7. The number of nitrogens with zero attached hydrogens (tertiary/aromatic N) is 4. The van der Waals surface area contributed by atoms with Crippen molar-refractivity contribution in [2.24, 2.45) is 10.9 Å². The number of rotatable bonds is 9. The van der Waals surface area contributed by atoms with Crippen molar-refractivity contribution in [1.82, 2.24) is 9.78 Å². The monoisotopic (exact) mass is 364 g/mol. The second-order valence-corrected chi connectivity index (χ2v) is 6.66. The topological polar surface area (TPSA) is 59.7 Å². The van der Waals surface area contributed by atoms with Gasteiger partial charge in [-0.15, -0.1) is 0 Å². The molecule has 6 nitrogen and oxygen atoms in total. The van der Waals surface area contributed by atoms with Gasteiger partial charge in [0.1, 0.15) is 0 Å². The van der Waals surface area contributed by atoms with E-state index in [0.29, 0.717) is 19.1 Å². The highest BCUT2D eigenvalue weighted by Crippen LogP contribution is 2.23. The molecular weight excluding hydrogens is 336 g/mol. The Kier molecular flexibility index (Phi) is 9.05. The summed E-state index contributed by atoms with van der Waals surface area (Å²) in [5, 5.41) is 4.52. The third kappa shape index (κ3) is 6.42. The normalized spacial score (nSPS) is 13.1. The van der Waals surface area contributed by atoms with Crippen molar-refractivity contribution in [3.8, 4) is 0 Å². The quantitative estimate of drug-likeness (QED) is 0.486. The predicted molar refractivity (Wildman–Crippen MR) is 108 cm³/mol. The molecule has 0 fully saturated rings. The fraction of sp³-hybridized carbons (Fsp3) is 0.500. The molecule has 1 atom stereocenters. The number of aliphatic imine (C=N–C) groups is 1. The predicted octanol–water partition coefficient (Wildman–Crippen LogP) is 4.23. The van der Waals surface area contributed by atoms with Crippen LogP contribution in [-0.4, -0.2) is 47.8 Å². The van der Waals surface area contributed by atoms with Gasteiger partial charge < -0.3 is 4.74 Å². The summed E-state index contributed by atoms with van der Waals surface area (Å²) in [6.45, 7) is 12.1. The summed E-state index contributed by atoms with van der Waals surface area (Å²) in [5.41, 5.74) is 2.46. The Balaban J connectivity index is 3.13.